The van der Waals surface area contributed by atoms with Crippen molar-refractivity contribution in [2.75, 3.05) is 0 Å². The van der Waals surface area contributed by atoms with Gasteiger partial charge in [-0.1, -0.05) is 25.5 Å². The first-order valence-electron chi connectivity index (χ1n) is 6.97. The van der Waals surface area contributed by atoms with Crippen molar-refractivity contribution in [3.63, 3.8) is 0 Å². The minimum absolute atomic E-state index is 0. The Morgan fingerprint density at radius 1 is 1.10 bits per heavy atom. The van der Waals surface area contributed by atoms with E-state index in [0.29, 0.717) is 11.7 Å². The first-order chi connectivity index (χ1) is 9.00. The first kappa shape index (κ1) is 18.6. The minimum atomic E-state index is -4.91. The van der Waals surface area contributed by atoms with Gasteiger partial charge in [-0.2, -0.15) is 0 Å². The van der Waals surface area contributed by atoms with Crippen molar-refractivity contribution in [3.05, 3.63) is 24.3 Å². The van der Waals surface area contributed by atoms with Crippen LogP contribution < -0.4 is 61.6 Å². The molecule has 1 fully saturated rings. The van der Waals surface area contributed by atoms with Crippen LogP contribution >= 0.6 is 0 Å². The summed E-state index contributed by atoms with van der Waals surface area (Å²) in [5, 5.41) is 0. The number of ether oxygens (including phenoxy) is 1. The molecule has 1 saturated carbocycles. The molecule has 0 amide bonds. The van der Waals surface area contributed by atoms with Crippen molar-refractivity contribution in [1.29, 1.82) is 0 Å². The van der Waals surface area contributed by atoms with Gasteiger partial charge in [0.2, 0.25) is 0 Å². The van der Waals surface area contributed by atoms with Crippen molar-refractivity contribution in [3.8, 4) is 5.75 Å². The Labute approximate surface area is 161 Å². The molecular formula is C14H19BF3KO. The summed E-state index contributed by atoms with van der Waals surface area (Å²) < 4.78 is 43.4. The predicted octanol–water partition coefficient (Wildman–Crippen LogP) is 1.09. The molecule has 0 N–H and O–H groups in total. The molecule has 2 unspecified atom stereocenters. The zero-order valence-electron chi connectivity index (χ0n) is 12.1. The third kappa shape index (κ3) is 5.05. The Morgan fingerprint density at radius 3 is 2.25 bits per heavy atom. The molecule has 0 spiro atoms. The molecular weight excluding hydrogens is 291 g/mol. The number of rotatable bonds is 4. The normalized spacial score (nSPS) is 23.0. The molecule has 0 aliphatic heterocycles. The third-order valence-corrected chi connectivity index (χ3v) is 3.91. The standard InChI is InChI=1S/C14H19BF3O.K/c1-2-11-5-3-4-6-14(11)19-13-9-7-12(8-10-13)15(16,17)18;/h7-11,14H,2-6H2,1H3;/q-1;+1. The average molecular weight is 310 g/mol. The summed E-state index contributed by atoms with van der Waals surface area (Å²) in [5.74, 6) is 1.08. The van der Waals surface area contributed by atoms with Crippen LogP contribution in [0.15, 0.2) is 24.3 Å². The van der Waals surface area contributed by atoms with Crippen LogP contribution in [-0.4, -0.2) is 13.1 Å². The summed E-state index contributed by atoms with van der Waals surface area (Å²) in [6, 6.07) is 5.09. The fourth-order valence-corrected chi connectivity index (χ4v) is 2.74. The smallest absolute Gasteiger partial charge is 0.490 e. The molecule has 0 saturated heterocycles. The van der Waals surface area contributed by atoms with Crippen LogP contribution in [0, 0.1) is 5.92 Å². The van der Waals surface area contributed by atoms with Gasteiger partial charge in [0.05, 0.1) is 0 Å². The molecule has 0 radical (unpaired) electrons. The van der Waals surface area contributed by atoms with E-state index >= 15 is 0 Å². The Hall–Kier alpha value is 0.511. The second-order valence-electron chi connectivity index (χ2n) is 5.25. The van der Waals surface area contributed by atoms with E-state index in [1.54, 1.807) is 0 Å². The summed E-state index contributed by atoms with van der Waals surface area (Å²) in [5.41, 5.74) is -0.567. The molecule has 1 aliphatic carbocycles. The average Bonchev–Trinajstić information content (AvgIpc) is 2.39. The summed E-state index contributed by atoms with van der Waals surface area (Å²) >= 11 is 0. The van der Waals surface area contributed by atoms with Gasteiger partial charge < -0.3 is 17.7 Å². The predicted molar refractivity (Wildman–Crippen MR) is 71.8 cm³/mol. The number of halogens is 3. The summed E-state index contributed by atoms with van der Waals surface area (Å²) in [7, 11) is 0. The van der Waals surface area contributed by atoms with Crippen LogP contribution in [0.3, 0.4) is 0 Å². The number of benzene rings is 1. The minimum Gasteiger partial charge on any atom is -0.490 e. The van der Waals surface area contributed by atoms with Gasteiger partial charge in [-0.15, -0.1) is 5.46 Å². The maximum absolute atomic E-state index is 12.5. The Kier molecular flexibility index (Phi) is 7.63. The largest absolute Gasteiger partial charge is 1.00 e. The van der Waals surface area contributed by atoms with Crippen LogP contribution in [-0.2, 0) is 0 Å². The third-order valence-electron chi connectivity index (χ3n) is 3.91. The summed E-state index contributed by atoms with van der Waals surface area (Å²) in [6.45, 7) is -2.77. The van der Waals surface area contributed by atoms with Crippen molar-refractivity contribution < 1.29 is 69.1 Å². The van der Waals surface area contributed by atoms with Crippen molar-refractivity contribution in [2.24, 2.45) is 5.92 Å². The second-order valence-corrected chi connectivity index (χ2v) is 5.25. The first-order valence-corrected chi connectivity index (χ1v) is 6.97. The summed E-state index contributed by atoms with van der Waals surface area (Å²) in [6.07, 6.45) is 5.75. The molecule has 0 heterocycles. The quantitative estimate of drug-likeness (QED) is 0.757. The van der Waals surface area contributed by atoms with E-state index < -0.39 is 12.4 Å². The van der Waals surface area contributed by atoms with E-state index in [0.717, 1.165) is 37.8 Å². The molecule has 2 rings (SSSR count). The Bertz CT molecular complexity index is 408. The monoisotopic (exact) mass is 310 g/mol. The Balaban J connectivity index is 0.00000200. The molecule has 0 aromatic heterocycles. The van der Waals surface area contributed by atoms with E-state index in [1.807, 2.05) is 0 Å². The van der Waals surface area contributed by atoms with Gasteiger partial charge in [-0.3, -0.25) is 0 Å². The molecule has 106 valence electrons. The number of hydrogen-bond donors (Lipinski definition) is 0. The van der Waals surface area contributed by atoms with Gasteiger partial charge in [0.15, 0.2) is 0 Å². The molecule has 1 nitrogen and oxygen atoms in total. The van der Waals surface area contributed by atoms with Crippen molar-refractivity contribution in [1.82, 2.24) is 0 Å². The fourth-order valence-electron chi connectivity index (χ4n) is 2.74. The van der Waals surface area contributed by atoms with E-state index in [-0.39, 0.29) is 57.5 Å². The maximum atomic E-state index is 12.5. The topological polar surface area (TPSA) is 9.23 Å². The molecule has 0 bridgehead atoms. The summed E-state index contributed by atoms with van der Waals surface area (Å²) in [4.78, 5) is 0. The zero-order chi connectivity index (χ0) is 13.9. The van der Waals surface area contributed by atoms with Crippen LogP contribution in [0.2, 0.25) is 0 Å². The fraction of sp³-hybridized carbons (Fsp3) is 0.571. The van der Waals surface area contributed by atoms with E-state index in [2.05, 4.69) is 6.92 Å². The molecule has 1 aliphatic rings. The SMILES string of the molecule is CCC1CCCCC1Oc1ccc([B-](F)(F)F)cc1.[K+]. The second kappa shape index (κ2) is 8.22. The van der Waals surface area contributed by atoms with Gasteiger partial charge in [0.1, 0.15) is 11.9 Å². The van der Waals surface area contributed by atoms with Gasteiger partial charge >= 0.3 is 58.4 Å². The van der Waals surface area contributed by atoms with Crippen LogP contribution in [0.5, 0.6) is 5.75 Å². The number of hydrogen-bond acceptors (Lipinski definition) is 1. The van der Waals surface area contributed by atoms with E-state index in [1.165, 1.54) is 18.6 Å². The Morgan fingerprint density at radius 2 is 1.70 bits per heavy atom. The molecule has 2 atom stereocenters. The van der Waals surface area contributed by atoms with Gasteiger partial charge in [0, 0.05) is 0 Å². The molecule has 1 aromatic carbocycles. The van der Waals surface area contributed by atoms with E-state index in [4.69, 9.17) is 4.74 Å². The van der Waals surface area contributed by atoms with Gasteiger partial charge in [-0.05, 0) is 43.7 Å². The van der Waals surface area contributed by atoms with Crippen LogP contribution in [0.1, 0.15) is 39.0 Å². The molecule has 20 heavy (non-hydrogen) atoms. The van der Waals surface area contributed by atoms with Crippen LogP contribution in [0.25, 0.3) is 0 Å². The van der Waals surface area contributed by atoms with Crippen molar-refractivity contribution >= 4 is 12.4 Å². The van der Waals surface area contributed by atoms with Crippen LogP contribution in [0.4, 0.5) is 12.9 Å². The maximum Gasteiger partial charge on any atom is 1.00 e. The van der Waals surface area contributed by atoms with Crippen molar-refractivity contribution in [2.45, 2.75) is 45.1 Å². The van der Waals surface area contributed by atoms with Gasteiger partial charge in [-0.25, -0.2) is 0 Å². The molecule has 6 heteroatoms. The zero-order valence-corrected chi connectivity index (χ0v) is 15.2. The van der Waals surface area contributed by atoms with E-state index in [9.17, 15) is 12.9 Å². The van der Waals surface area contributed by atoms with Gasteiger partial charge in [0.25, 0.3) is 0 Å². The molecule has 1 aromatic rings.